The second kappa shape index (κ2) is 14.3. The summed E-state index contributed by atoms with van der Waals surface area (Å²) in [4.78, 5) is 2.52. The van der Waals surface area contributed by atoms with Crippen LogP contribution in [0.3, 0.4) is 0 Å². The fourth-order valence-electron chi connectivity index (χ4n) is 11.6. The molecule has 0 saturated heterocycles. The summed E-state index contributed by atoms with van der Waals surface area (Å²) in [6.07, 6.45) is 0. The van der Waals surface area contributed by atoms with Crippen molar-refractivity contribution in [3.05, 3.63) is 236 Å². The molecule has 1 aromatic heterocycles. The summed E-state index contributed by atoms with van der Waals surface area (Å²) < 4.78 is 6.89. The van der Waals surface area contributed by atoms with E-state index < -0.39 is 0 Å². The van der Waals surface area contributed by atoms with E-state index in [0.29, 0.717) is 0 Å². The Bertz CT molecular complexity index is 4190. The minimum absolute atomic E-state index is 0.183. The molecule has 0 N–H and O–H groups in total. The molecule has 13 aromatic rings. The SMILES string of the molecule is CC1(C)c2ccccc2-c2ccc(N(c3ccc(-c4cccc5ccccc45)cc3)c3cc4c5ccccc5c5ccccc5c4cc3-c3cccc4oc5c6ccccc6ccc5c34)cc21. The summed E-state index contributed by atoms with van der Waals surface area (Å²) in [5.41, 5.74) is 14.9. The van der Waals surface area contributed by atoms with E-state index in [-0.39, 0.29) is 5.41 Å². The Labute approximate surface area is 388 Å². The van der Waals surface area contributed by atoms with E-state index in [2.05, 4.69) is 243 Å². The van der Waals surface area contributed by atoms with Crippen LogP contribution in [-0.4, -0.2) is 0 Å². The van der Waals surface area contributed by atoms with E-state index in [0.717, 1.165) is 55.5 Å². The number of hydrogen-bond donors (Lipinski definition) is 0. The molecule has 0 unspecified atom stereocenters. The van der Waals surface area contributed by atoms with E-state index in [1.165, 1.54) is 81.9 Å². The Balaban J connectivity index is 1.10. The lowest BCUT2D eigenvalue weighted by Crippen LogP contribution is -2.17. The Morgan fingerprint density at radius 2 is 0.896 bits per heavy atom. The van der Waals surface area contributed by atoms with Crippen LogP contribution in [0.5, 0.6) is 0 Å². The van der Waals surface area contributed by atoms with Gasteiger partial charge < -0.3 is 9.32 Å². The van der Waals surface area contributed by atoms with Gasteiger partial charge in [0.05, 0.1) is 5.69 Å². The van der Waals surface area contributed by atoms with Crippen LogP contribution in [0.4, 0.5) is 17.1 Å². The third-order valence-electron chi connectivity index (χ3n) is 14.8. The number of hydrogen-bond acceptors (Lipinski definition) is 2. The van der Waals surface area contributed by atoms with E-state index in [1.54, 1.807) is 0 Å². The fraction of sp³-hybridized carbons (Fsp3) is 0.0462. The summed E-state index contributed by atoms with van der Waals surface area (Å²) in [5, 5.41) is 14.4. The van der Waals surface area contributed by atoms with Gasteiger partial charge in [0.15, 0.2) is 0 Å². The highest BCUT2D eigenvalue weighted by Crippen LogP contribution is 2.53. The van der Waals surface area contributed by atoms with Crippen LogP contribution in [0.2, 0.25) is 0 Å². The molecule has 1 heterocycles. The standard InChI is InChI=1S/C65H43NO/c1-65(2)59-27-12-11-24-52(59)53-36-34-44(37-60(53)65)66(43-32-29-42(30-33-43)46-25-13-17-40-15-3-5-18-45(40)46)61-39-57-51-23-10-8-21-49(51)48-20-7-9-22-50(48)56(57)38-58(61)54-26-14-28-62-63(54)55-35-31-41-16-4-6-19-47(41)64(55)67-62/h3-39H,1-2H3. The molecule has 1 aliphatic carbocycles. The van der Waals surface area contributed by atoms with Gasteiger partial charge in [0, 0.05) is 38.5 Å². The van der Waals surface area contributed by atoms with Crippen molar-refractivity contribution in [3.8, 4) is 33.4 Å². The van der Waals surface area contributed by atoms with Crippen LogP contribution < -0.4 is 4.90 Å². The summed E-state index contributed by atoms with van der Waals surface area (Å²) in [6.45, 7) is 4.75. The van der Waals surface area contributed by atoms with Gasteiger partial charge in [0.25, 0.3) is 0 Å². The highest BCUT2D eigenvalue weighted by atomic mass is 16.3. The minimum Gasteiger partial charge on any atom is -0.455 e. The zero-order chi connectivity index (χ0) is 44.4. The van der Waals surface area contributed by atoms with Crippen LogP contribution >= 0.6 is 0 Å². The van der Waals surface area contributed by atoms with Gasteiger partial charge in [-0.2, -0.15) is 0 Å². The Hall–Kier alpha value is -8.46. The Morgan fingerprint density at radius 1 is 0.343 bits per heavy atom. The molecule has 0 atom stereocenters. The van der Waals surface area contributed by atoms with Gasteiger partial charge in [-0.15, -0.1) is 0 Å². The molecular formula is C65H43NO. The zero-order valence-corrected chi connectivity index (χ0v) is 37.2. The van der Waals surface area contributed by atoms with Crippen LogP contribution in [0.15, 0.2) is 229 Å². The van der Waals surface area contributed by atoms with Gasteiger partial charge in [-0.3, -0.25) is 0 Å². The largest absolute Gasteiger partial charge is 0.455 e. The first-order valence-electron chi connectivity index (χ1n) is 23.3. The third-order valence-corrected chi connectivity index (χ3v) is 14.8. The maximum Gasteiger partial charge on any atom is 0.143 e. The summed E-state index contributed by atoms with van der Waals surface area (Å²) >= 11 is 0. The third kappa shape index (κ3) is 5.57. The molecule has 0 aliphatic heterocycles. The molecule has 1 aliphatic rings. The van der Waals surface area contributed by atoms with Gasteiger partial charge >= 0.3 is 0 Å². The topological polar surface area (TPSA) is 16.4 Å². The van der Waals surface area contributed by atoms with Gasteiger partial charge in [-0.25, -0.2) is 0 Å². The number of rotatable bonds is 5. The fourth-order valence-corrected chi connectivity index (χ4v) is 11.6. The van der Waals surface area contributed by atoms with Crippen LogP contribution in [0.1, 0.15) is 25.0 Å². The average molecular weight is 854 g/mol. The maximum atomic E-state index is 6.89. The lowest BCUT2D eigenvalue weighted by molar-refractivity contribution is 0.660. The highest BCUT2D eigenvalue weighted by molar-refractivity contribution is 6.28. The highest BCUT2D eigenvalue weighted by Gasteiger charge is 2.36. The van der Waals surface area contributed by atoms with Crippen molar-refractivity contribution in [2.75, 3.05) is 4.90 Å². The smallest absolute Gasteiger partial charge is 0.143 e. The molecule has 0 amide bonds. The lowest BCUT2D eigenvalue weighted by Gasteiger charge is -2.31. The van der Waals surface area contributed by atoms with E-state index in [9.17, 15) is 0 Å². The Kier molecular flexibility index (Phi) is 8.06. The number of nitrogens with zero attached hydrogens (tertiary/aromatic N) is 1. The van der Waals surface area contributed by atoms with Crippen molar-refractivity contribution >= 4 is 92.9 Å². The summed E-state index contributed by atoms with van der Waals surface area (Å²) in [6, 6.07) is 83.0. The van der Waals surface area contributed by atoms with Crippen molar-refractivity contribution in [3.63, 3.8) is 0 Å². The molecule has 0 radical (unpaired) electrons. The van der Waals surface area contributed by atoms with Gasteiger partial charge in [0.1, 0.15) is 11.2 Å². The first-order valence-corrected chi connectivity index (χ1v) is 23.3. The average Bonchev–Trinajstić information content (AvgIpc) is 3.88. The number of furan rings is 1. The van der Waals surface area contributed by atoms with Crippen molar-refractivity contribution in [2.24, 2.45) is 0 Å². The van der Waals surface area contributed by atoms with E-state index >= 15 is 0 Å². The predicted octanol–water partition coefficient (Wildman–Crippen LogP) is 18.5. The molecule has 2 nitrogen and oxygen atoms in total. The second-order valence-electron chi connectivity index (χ2n) is 18.8. The van der Waals surface area contributed by atoms with Crippen LogP contribution in [-0.2, 0) is 5.41 Å². The number of fused-ring (bicyclic) bond motifs is 15. The monoisotopic (exact) mass is 853 g/mol. The molecule has 12 aromatic carbocycles. The first kappa shape index (κ1) is 37.9. The number of benzene rings is 12. The van der Waals surface area contributed by atoms with Crippen molar-refractivity contribution < 1.29 is 4.42 Å². The first-order chi connectivity index (χ1) is 33.0. The molecule has 0 fully saturated rings. The minimum atomic E-state index is -0.183. The summed E-state index contributed by atoms with van der Waals surface area (Å²) in [7, 11) is 0. The molecule has 314 valence electrons. The van der Waals surface area contributed by atoms with Crippen LogP contribution in [0, 0.1) is 0 Å². The Morgan fingerprint density at radius 3 is 1.66 bits per heavy atom. The molecule has 0 saturated carbocycles. The number of anilines is 3. The van der Waals surface area contributed by atoms with Crippen molar-refractivity contribution in [1.29, 1.82) is 0 Å². The molecule has 67 heavy (non-hydrogen) atoms. The second-order valence-corrected chi connectivity index (χ2v) is 18.8. The van der Waals surface area contributed by atoms with Crippen molar-refractivity contribution in [2.45, 2.75) is 19.3 Å². The van der Waals surface area contributed by atoms with Gasteiger partial charge in [-0.05, 0) is 136 Å². The lowest BCUT2D eigenvalue weighted by atomic mass is 9.82. The van der Waals surface area contributed by atoms with E-state index in [4.69, 9.17) is 4.42 Å². The van der Waals surface area contributed by atoms with Crippen molar-refractivity contribution in [1.82, 2.24) is 0 Å². The summed E-state index contributed by atoms with van der Waals surface area (Å²) in [5.74, 6) is 0. The quantitative estimate of drug-likeness (QED) is 0.160. The zero-order valence-electron chi connectivity index (χ0n) is 37.2. The molecule has 0 spiro atoms. The van der Waals surface area contributed by atoms with Gasteiger partial charge in [-0.1, -0.05) is 190 Å². The maximum absolute atomic E-state index is 6.89. The molecular weight excluding hydrogens is 811 g/mol. The van der Waals surface area contributed by atoms with E-state index in [1.807, 2.05) is 0 Å². The molecule has 0 bridgehead atoms. The normalized spacial score (nSPS) is 13.0. The van der Waals surface area contributed by atoms with Gasteiger partial charge in [0.2, 0.25) is 0 Å². The van der Waals surface area contributed by atoms with Crippen LogP contribution in [0.25, 0.3) is 109 Å². The molecule has 14 rings (SSSR count). The molecule has 2 heteroatoms. The predicted molar refractivity (Wildman–Crippen MR) is 284 cm³/mol.